The van der Waals surface area contributed by atoms with Crippen LogP contribution in [0, 0.1) is 5.92 Å². The number of hydrogen-bond acceptors (Lipinski definition) is 3. The molecule has 0 amide bonds. The van der Waals surface area contributed by atoms with E-state index in [1.807, 2.05) is 17.5 Å². The summed E-state index contributed by atoms with van der Waals surface area (Å²) in [4.78, 5) is 12.1. The van der Waals surface area contributed by atoms with Crippen LogP contribution < -0.4 is 5.32 Å². The van der Waals surface area contributed by atoms with Crippen LogP contribution in [0.2, 0.25) is 0 Å². The van der Waals surface area contributed by atoms with E-state index < -0.39 is 5.97 Å². The van der Waals surface area contributed by atoms with E-state index in [0.29, 0.717) is 6.04 Å². The first-order chi connectivity index (χ1) is 8.65. The lowest BCUT2D eigenvalue weighted by Gasteiger charge is -2.30. The average Bonchev–Trinajstić information content (AvgIpc) is 2.84. The number of carbonyl (C=O) groups is 1. The summed E-state index contributed by atoms with van der Waals surface area (Å²) in [6.45, 7) is 2.30. The highest BCUT2D eigenvalue weighted by Gasteiger charge is 2.23. The molecule has 4 heteroatoms. The van der Waals surface area contributed by atoms with Gasteiger partial charge in [0.25, 0.3) is 0 Å². The second-order valence-corrected chi connectivity index (χ2v) is 6.27. The van der Waals surface area contributed by atoms with Gasteiger partial charge in [-0.25, -0.2) is 0 Å². The molecule has 1 fully saturated rings. The van der Waals surface area contributed by atoms with E-state index >= 15 is 0 Å². The Balaban J connectivity index is 1.95. The SMILES string of the molecule is CC1CCC(NC(CC(=O)O)c2cccs2)CC1. The van der Waals surface area contributed by atoms with Crippen molar-refractivity contribution in [1.82, 2.24) is 5.32 Å². The number of carboxylic acids is 1. The van der Waals surface area contributed by atoms with Gasteiger partial charge < -0.3 is 10.4 Å². The van der Waals surface area contributed by atoms with Gasteiger partial charge >= 0.3 is 5.97 Å². The highest BCUT2D eigenvalue weighted by Crippen LogP contribution is 2.28. The first-order valence-corrected chi connectivity index (χ1v) is 7.54. The van der Waals surface area contributed by atoms with Crippen LogP contribution in [-0.4, -0.2) is 17.1 Å². The van der Waals surface area contributed by atoms with Crippen LogP contribution in [-0.2, 0) is 4.79 Å². The summed E-state index contributed by atoms with van der Waals surface area (Å²) >= 11 is 1.64. The molecule has 1 aliphatic rings. The topological polar surface area (TPSA) is 49.3 Å². The normalized spacial score (nSPS) is 25.8. The molecule has 100 valence electrons. The minimum atomic E-state index is -0.731. The van der Waals surface area contributed by atoms with Crippen molar-refractivity contribution in [2.24, 2.45) is 5.92 Å². The van der Waals surface area contributed by atoms with Gasteiger partial charge in [0.2, 0.25) is 0 Å². The van der Waals surface area contributed by atoms with Gasteiger partial charge in [-0.05, 0) is 43.0 Å². The predicted molar refractivity (Wildman–Crippen MR) is 73.9 cm³/mol. The highest BCUT2D eigenvalue weighted by molar-refractivity contribution is 7.10. The summed E-state index contributed by atoms with van der Waals surface area (Å²) in [5.41, 5.74) is 0. The number of thiophene rings is 1. The van der Waals surface area contributed by atoms with Crippen LogP contribution in [0.4, 0.5) is 0 Å². The zero-order chi connectivity index (χ0) is 13.0. The predicted octanol–water partition coefficient (Wildman–Crippen LogP) is 3.43. The van der Waals surface area contributed by atoms with Gasteiger partial charge in [0.15, 0.2) is 0 Å². The van der Waals surface area contributed by atoms with Gasteiger partial charge in [-0.1, -0.05) is 13.0 Å². The smallest absolute Gasteiger partial charge is 0.305 e. The van der Waals surface area contributed by atoms with Crippen LogP contribution in [0.3, 0.4) is 0 Å². The second-order valence-electron chi connectivity index (χ2n) is 5.29. The molecule has 0 saturated heterocycles. The zero-order valence-corrected chi connectivity index (χ0v) is 11.6. The Labute approximate surface area is 112 Å². The van der Waals surface area contributed by atoms with Crippen molar-refractivity contribution >= 4 is 17.3 Å². The summed E-state index contributed by atoms with van der Waals surface area (Å²) in [5.74, 6) is 0.0905. The first-order valence-electron chi connectivity index (χ1n) is 6.66. The molecule has 3 nitrogen and oxygen atoms in total. The summed E-state index contributed by atoms with van der Waals surface area (Å²) in [6, 6.07) is 4.46. The molecule has 2 rings (SSSR count). The maximum Gasteiger partial charge on any atom is 0.305 e. The molecular weight excluding hydrogens is 246 g/mol. The molecule has 0 spiro atoms. The fourth-order valence-corrected chi connectivity index (χ4v) is 3.40. The molecule has 1 heterocycles. The highest BCUT2D eigenvalue weighted by atomic mass is 32.1. The molecule has 2 N–H and O–H groups in total. The largest absolute Gasteiger partial charge is 0.481 e. The number of aliphatic carboxylic acids is 1. The van der Waals surface area contributed by atoms with E-state index in [4.69, 9.17) is 5.11 Å². The number of rotatable bonds is 5. The van der Waals surface area contributed by atoms with Crippen molar-refractivity contribution in [3.8, 4) is 0 Å². The standard InChI is InChI=1S/C14H21NO2S/c1-10-4-6-11(7-5-10)15-12(9-14(16)17)13-3-2-8-18-13/h2-3,8,10-12,15H,4-7,9H2,1H3,(H,16,17). The van der Waals surface area contributed by atoms with Crippen LogP contribution >= 0.6 is 11.3 Å². The summed E-state index contributed by atoms with van der Waals surface area (Å²) in [7, 11) is 0. The maximum atomic E-state index is 11.0. The van der Waals surface area contributed by atoms with Gasteiger partial charge in [-0.15, -0.1) is 11.3 Å². The quantitative estimate of drug-likeness (QED) is 0.859. The van der Waals surface area contributed by atoms with Gasteiger partial charge in [0.05, 0.1) is 12.5 Å². The molecule has 1 aliphatic carbocycles. The van der Waals surface area contributed by atoms with Gasteiger partial charge in [-0.3, -0.25) is 4.79 Å². The van der Waals surface area contributed by atoms with Gasteiger partial charge in [0.1, 0.15) is 0 Å². The van der Waals surface area contributed by atoms with E-state index in [-0.39, 0.29) is 12.5 Å². The first kappa shape index (κ1) is 13.6. The molecular formula is C14H21NO2S. The van der Waals surface area contributed by atoms with E-state index in [2.05, 4.69) is 12.2 Å². The van der Waals surface area contributed by atoms with Gasteiger partial charge in [-0.2, -0.15) is 0 Å². The molecule has 18 heavy (non-hydrogen) atoms. The van der Waals surface area contributed by atoms with E-state index in [9.17, 15) is 4.79 Å². The molecule has 0 aliphatic heterocycles. The molecule has 1 unspecified atom stereocenters. The maximum absolute atomic E-state index is 11.0. The fraction of sp³-hybridized carbons (Fsp3) is 0.643. The minimum absolute atomic E-state index is 0.0269. The lowest BCUT2D eigenvalue weighted by Crippen LogP contribution is -2.36. The van der Waals surface area contributed by atoms with Crippen LogP contribution in [0.25, 0.3) is 0 Å². The van der Waals surface area contributed by atoms with Crippen molar-refractivity contribution in [2.45, 2.75) is 51.1 Å². The molecule has 0 radical (unpaired) electrons. The molecule has 1 aromatic rings. The Hall–Kier alpha value is -0.870. The van der Waals surface area contributed by atoms with Crippen molar-refractivity contribution < 1.29 is 9.90 Å². The Morgan fingerprint density at radius 1 is 1.50 bits per heavy atom. The third-order valence-electron chi connectivity index (χ3n) is 3.72. The Morgan fingerprint density at radius 3 is 2.78 bits per heavy atom. The molecule has 1 aromatic heterocycles. The summed E-state index contributed by atoms with van der Waals surface area (Å²) < 4.78 is 0. The second kappa shape index (κ2) is 6.34. The van der Waals surface area contributed by atoms with Crippen molar-refractivity contribution in [3.05, 3.63) is 22.4 Å². The van der Waals surface area contributed by atoms with E-state index in [0.717, 1.165) is 10.8 Å². The van der Waals surface area contributed by atoms with E-state index in [1.165, 1.54) is 25.7 Å². The number of hydrogen-bond donors (Lipinski definition) is 2. The average molecular weight is 267 g/mol. The van der Waals surface area contributed by atoms with E-state index in [1.54, 1.807) is 11.3 Å². The fourth-order valence-electron chi connectivity index (χ4n) is 2.62. The van der Waals surface area contributed by atoms with Crippen molar-refractivity contribution in [2.75, 3.05) is 0 Å². The lowest BCUT2D eigenvalue weighted by atomic mass is 9.87. The molecule has 0 aromatic carbocycles. The van der Waals surface area contributed by atoms with Crippen molar-refractivity contribution in [3.63, 3.8) is 0 Å². The Kier molecular flexibility index (Phi) is 4.78. The molecule has 1 atom stereocenters. The van der Waals surface area contributed by atoms with Crippen molar-refractivity contribution in [1.29, 1.82) is 0 Å². The lowest BCUT2D eigenvalue weighted by molar-refractivity contribution is -0.137. The summed E-state index contributed by atoms with van der Waals surface area (Å²) in [6.07, 6.45) is 5.02. The molecule has 0 bridgehead atoms. The zero-order valence-electron chi connectivity index (χ0n) is 10.8. The van der Waals surface area contributed by atoms with Crippen LogP contribution in [0.15, 0.2) is 17.5 Å². The van der Waals surface area contributed by atoms with Crippen LogP contribution in [0.1, 0.15) is 49.9 Å². The Bertz CT molecular complexity index is 369. The third-order valence-corrected chi connectivity index (χ3v) is 4.70. The van der Waals surface area contributed by atoms with Gasteiger partial charge in [0, 0.05) is 10.9 Å². The third kappa shape index (κ3) is 3.82. The Morgan fingerprint density at radius 2 is 2.22 bits per heavy atom. The monoisotopic (exact) mass is 267 g/mol. The number of carboxylic acid groups (broad SMARTS) is 1. The summed E-state index contributed by atoms with van der Waals surface area (Å²) in [5, 5.41) is 14.6. The minimum Gasteiger partial charge on any atom is -0.481 e. The van der Waals surface area contributed by atoms with Crippen LogP contribution in [0.5, 0.6) is 0 Å². The number of nitrogens with one attached hydrogen (secondary N) is 1. The molecule has 1 saturated carbocycles.